The molecule has 1 saturated heterocycles. The minimum Gasteiger partial charge on any atom is -0.497 e. The Morgan fingerprint density at radius 1 is 1.07 bits per heavy atom. The molecule has 3 heterocycles. The topological polar surface area (TPSA) is 50.7 Å². The summed E-state index contributed by atoms with van der Waals surface area (Å²) in [6.45, 7) is 3.89. The van der Waals surface area contributed by atoms with Crippen LogP contribution in [0.2, 0.25) is 0 Å². The maximum atomic E-state index is 5.40. The van der Waals surface area contributed by atoms with Gasteiger partial charge in [0, 0.05) is 49.6 Å². The Balaban J connectivity index is 1.47. The quantitative estimate of drug-likeness (QED) is 0.792. The van der Waals surface area contributed by atoms with Crippen LogP contribution in [0.1, 0.15) is 47.9 Å². The molecule has 0 unspecified atom stereocenters. The minimum absolute atomic E-state index is 0.376. The van der Waals surface area contributed by atoms with Crippen LogP contribution in [0, 0.1) is 0 Å². The molecule has 150 valence electrons. The highest BCUT2D eigenvalue weighted by molar-refractivity contribution is 5.38. The highest BCUT2D eigenvalue weighted by Crippen LogP contribution is 2.29. The Morgan fingerprint density at radius 3 is 2.57 bits per heavy atom. The average molecular weight is 383 g/mol. The molecule has 0 aliphatic carbocycles. The van der Waals surface area contributed by atoms with E-state index in [0.29, 0.717) is 6.04 Å². The van der Waals surface area contributed by atoms with E-state index in [4.69, 9.17) is 19.4 Å². The van der Waals surface area contributed by atoms with Crippen molar-refractivity contribution in [3.8, 4) is 11.5 Å². The molecule has 1 aromatic carbocycles. The largest absolute Gasteiger partial charge is 0.497 e. The molecule has 6 heteroatoms. The number of aromatic nitrogens is 2. The minimum atomic E-state index is 0.376. The summed E-state index contributed by atoms with van der Waals surface area (Å²) in [5.41, 5.74) is 3.67. The number of ether oxygens (including phenoxy) is 2. The zero-order chi connectivity index (χ0) is 19.5. The Kier molecular flexibility index (Phi) is 5.78. The van der Waals surface area contributed by atoms with Gasteiger partial charge in [0.2, 0.25) is 0 Å². The molecule has 0 N–H and O–H groups in total. The van der Waals surface area contributed by atoms with E-state index >= 15 is 0 Å². The molecule has 0 radical (unpaired) electrons. The molecule has 1 aromatic heterocycles. The fourth-order valence-electron chi connectivity index (χ4n) is 4.30. The van der Waals surface area contributed by atoms with Gasteiger partial charge in [-0.25, -0.2) is 9.97 Å². The van der Waals surface area contributed by atoms with Gasteiger partial charge in [-0.2, -0.15) is 0 Å². The molecule has 0 amide bonds. The van der Waals surface area contributed by atoms with E-state index in [1.54, 1.807) is 14.2 Å². The second-order valence-electron chi connectivity index (χ2n) is 7.87. The van der Waals surface area contributed by atoms with E-state index in [2.05, 4.69) is 35.2 Å². The Hall–Kier alpha value is -2.18. The highest BCUT2D eigenvalue weighted by atomic mass is 16.5. The number of hydrogen-bond acceptors (Lipinski definition) is 6. The molecule has 1 atom stereocenters. The first kappa shape index (κ1) is 19.2. The molecule has 6 nitrogen and oxygen atoms in total. The summed E-state index contributed by atoms with van der Waals surface area (Å²) in [5.74, 6) is 2.67. The molecular weight excluding hydrogens is 352 g/mol. The normalized spacial score (nSPS) is 20.6. The zero-order valence-electron chi connectivity index (χ0n) is 17.1. The van der Waals surface area contributed by atoms with Crippen molar-refractivity contribution in [1.82, 2.24) is 19.8 Å². The molecule has 0 spiro atoms. The molecule has 1 fully saturated rings. The average Bonchev–Trinajstić information content (AvgIpc) is 2.73. The molecule has 2 aliphatic heterocycles. The smallest absolute Gasteiger partial charge is 0.145 e. The second kappa shape index (κ2) is 8.45. The van der Waals surface area contributed by atoms with E-state index in [-0.39, 0.29) is 0 Å². The first-order valence-corrected chi connectivity index (χ1v) is 10.2. The predicted octanol–water partition coefficient (Wildman–Crippen LogP) is 3.21. The summed E-state index contributed by atoms with van der Waals surface area (Å²) in [6.07, 6.45) is 6.75. The monoisotopic (exact) mass is 382 g/mol. The highest BCUT2D eigenvalue weighted by Gasteiger charge is 2.25. The zero-order valence-corrected chi connectivity index (χ0v) is 17.1. The first-order chi connectivity index (χ1) is 13.7. The van der Waals surface area contributed by atoms with Crippen LogP contribution >= 0.6 is 0 Å². The summed E-state index contributed by atoms with van der Waals surface area (Å²) in [7, 11) is 5.57. The van der Waals surface area contributed by atoms with Crippen molar-refractivity contribution in [1.29, 1.82) is 0 Å². The Labute approximate surface area is 167 Å². The van der Waals surface area contributed by atoms with E-state index in [1.165, 1.54) is 36.1 Å². The molecule has 2 aliphatic rings. The number of benzene rings is 1. The van der Waals surface area contributed by atoms with Gasteiger partial charge in [-0.1, -0.05) is 6.42 Å². The lowest BCUT2D eigenvalue weighted by atomic mass is 10.0. The van der Waals surface area contributed by atoms with Gasteiger partial charge in [0.1, 0.15) is 17.3 Å². The van der Waals surface area contributed by atoms with Crippen LogP contribution in [-0.4, -0.2) is 54.1 Å². The summed E-state index contributed by atoms with van der Waals surface area (Å²) >= 11 is 0. The van der Waals surface area contributed by atoms with Crippen LogP contribution < -0.4 is 9.47 Å². The van der Waals surface area contributed by atoms with Gasteiger partial charge in [-0.15, -0.1) is 0 Å². The lowest BCUT2D eigenvalue weighted by Crippen LogP contribution is -2.33. The van der Waals surface area contributed by atoms with Gasteiger partial charge >= 0.3 is 0 Å². The molecule has 2 aromatic rings. The first-order valence-electron chi connectivity index (χ1n) is 10.2. The Bertz CT molecular complexity index is 804. The number of hydrogen-bond donors (Lipinski definition) is 0. The third-order valence-electron chi connectivity index (χ3n) is 5.92. The lowest BCUT2D eigenvalue weighted by molar-refractivity contribution is 0.178. The molecule has 0 bridgehead atoms. The van der Waals surface area contributed by atoms with Crippen molar-refractivity contribution < 1.29 is 9.47 Å². The van der Waals surface area contributed by atoms with Gasteiger partial charge in [-0.05, 0) is 44.1 Å². The molecule has 4 rings (SSSR count). The number of piperidine rings is 1. The molecule has 0 saturated carbocycles. The summed E-state index contributed by atoms with van der Waals surface area (Å²) < 4.78 is 10.8. The number of methoxy groups -OCH3 is 2. The van der Waals surface area contributed by atoms with Gasteiger partial charge < -0.3 is 9.47 Å². The van der Waals surface area contributed by atoms with Crippen molar-refractivity contribution in [2.75, 3.05) is 34.4 Å². The number of likely N-dealkylation sites (tertiary alicyclic amines) is 1. The third kappa shape index (κ3) is 4.13. The van der Waals surface area contributed by atoms with Crippen LogP contribution in [0.5, 0.6) is 11.5 Å². The SMILES string of the molecule is COc1cc(CN2CCc3nc([C@@H]4CCCCN4C)ncc3C2)cc(OC)c1. The Morgan fingerprint density at radius 2 is 1.86 bits per heavy atom. The van der Waals surface area contributed by atoms with E-state index in [9.17, 15) is 0 Å². The third-order valence-corrected chi connectivity index (χ3v) is 5.92. The van der Waals surface area contributed by atoms with Gasteiger partial charge in [-0.3, -0.25) is 9.80 Å². The second-order valence-corrected chi connectivity index (χ2v) is 7.87. The number of fused-ring (bicyclic) bond motifs is 1. The van der Waals surface area contributed by atoms with Crippen LogP contribution in [0.4, 0.5) is 0 Å². The predicted molar refractivity (Wildman–Crippen MR) is 109 cm³/mol. The van der Waals surface area contributed by atoms with Crippen molar-refractivity contribution in [3.63, 3.8) is 0 Å². The van der Waals surface area contributed by atoms with E-state index in [1.807, 2.05) is 6.07 Å². The summed E-state index contributed by atoms with van der Waals surface area (Å²) in [4.78, 5) is 14.5. The van der Waals surface area contributed by atoms with Crippen molar-refractivity contribution in [2.45, 2.75) is 44.8 Å². The van der Waals surface area contributed by atoms with E-state index in [0.717, 1.165) is 49.9 Å². The van der Waals surface area contributed by atoms with Gasteiger partial charge in [0.05, 0.1) is 20.3 Å². The van der Waals surface area contributed by atoms with Crippen LogP contribution in [0.25, 0.3) is 0 Å². The maximum Gasteiger partial charge on any atom is 0.145 e. The van der Waals surface area contributed by atoms with Gasteiger partial charge in [0.25, 0.3) is 0 Å². The lowest BCUT2D eigenvalue weighted by Gasteiger charge is -2.33. The fraction of sp³-hybridized carbons (Fsp3) is 0.545. The summed E-state index contributed by atoms with van der Waals surface area (Å²) in [5, 5.41) is 0. The fourth-order valence-corrected chi connectivity index (χ4v) is 4.30. The molecule has 28 heavy (non-hydrogen) atoms. The van der Waals surface area contributed by atoms with Crippen molar-refractivity contribution in [2.24, 2.45) is 0 Å². The van der Waals surface area contributed by atoms with Crippen molar-refractivity contribution in [3.05, 3.63) is 47.0 Å². The summed E-state index contributed by atoms with van der Waals surface area (Å²) in [6, 6.07) is 6.45. The van der Waals surface area contributed by atoms with Crippen LogP contribution in [0.3, 0.4) is 0 Å². The van der Waals surface area contributed by atoms with E-state index < -0.39 is 0 Å². The number of rotatable bonds is 5. The van der Waals surface area contributed by atoms with Crippen molar-refractivity contribution >= 4 is 0 Å². The van der Waals surface area contributed by atoms with Gasteiger partial charge in [0.15, 0.2) is 0 Å². The molecular formula is C22H30N4O2. The standard InChI is InChI=1S/C22H30N4O2/c1-25-8-5-4-6-21(25)22-23-13-17-15-26(9-7-20(17)24-22)14-16-10-18(27-2)12-19(11-16)28-3/h10-13,21H,4-9,14-15H2,1-3H3/t21-/m0/s1. The van der Waals surface area contributed by atoms with Crippen LogP contribution in [0.15, 0.2) is 24.4 Å². The number of nitrogens with zero attached hydrogens (tertiary/aromatic N) is 4. The van der Waals surface area contributed by atoms with Crippen LogP contribution in [-0.2, 0) is 19.5 Å². The maximum absolute atomic E-state index is 5.40.